The van der Waals surface area contributed by atoms with Gasteiger partial charge in [0.05, 0.1) is 0 Å². The summed E-state index contributed by atoms with van der Waals surface area (Å²) in [4.78, 5) is 24.5. The molecule has 0 bridgehead atoms. The van der Waals surface area contributed by atoms with Gasteiger partial charge in [-0.2, -0.15) is 0 Å². The number of alkyl halides is 2. The van der Waals surface area contributed by atoms with E-state index in [2.05, 4.69) is 0 Å². The Hall–Kier alpha value is -0.541. The Morgan fingerprint density at radius 2 is 1.26 bits per heavy atom. The summed E-state index contributed by atoms with van der Waals surface area (Å²) in [5.41, 5.74) is 0.875. The number of halogens is 4. The molecule has 0 amide bonds. The minimum absolute atomic E-state index is 0.112. The van der Waals surface area contributed by atoms with Crippen molar-refractivity contribution in [3.8, 4) is 0 Å². The van der Waals surface area contributed by atoms with Crippen LogP contribution in [-0.4, -0.2) is 29.8 Å². The van der Waals surface area contributed by atoms with E-state index in [1.54, 1.807) is 48.5 Å². The van der Waals surface area contributed by atoms with Crippen LogP contribution >= 0.6 is 46.4 Å². The summed E-state index contributed by atoms with van der Waals surface area (Å²) in [7, 11) is 0. The van der Waals surface area contributed by atoms with E-state index in [1.165, 1.54) is 0 Å². The first-order valence-electron chi connectivity index (χ1n) is 6.40. The number of Topliss-reactive ketones (excluding diaryl/α,β-unsaturated/α-hetero) is 2. The van der Waals surface area contributed by atoms with Gasteiger partial charge in [0.2, 0.25) is 0 Å². The Bertz CT molecular complexity index is 712. The Labute approximate surface area is 160 Å². The average Bonchev–Trinajstić information content (AvgIpc) is 2.53. The quantitative estimate of drug-likeness (QED) is 0.336. The number of benzene rings is 2. The predicted octanol–water partition coefficient (Wildman–Crippen LogP) is 5.31. The first-order chi connectivity index (χ1) is 10.8. The van der Waals surface area contributed by atoms with Gasteiger partial charge in [-0.15, -0.1) is 0 Å². The van der Waals surface area contributed by atoms with E-state index in [0.29, 0.717) is 21.2 Å². The van der Waals surface area contributed by atoms with E-state index in [4.69, 9.17) is 46.4 Å². The van der Waals surface area contributed by atoms with Crippen LogP contribution < -0.4 is 0 Å². The third-order valence-electron chi connectivity index (χ3n) is 2.92. The number of ketones is 2. The molecule has 0 aliphatic carbocycles. The van der Waals surface area contributed by atoms with Gasteiger partial charge in [-0.25, -0.2) is 0 Å². The van der Waals surface area contributed by atoms with Crippen molar-refractivity contribution in [1.29, 1.82) is 0 Å². The third-order valence-corrected chi connectivity index (χ3v) is 6.91. The van der Waals surface area contributed by atoms with Crippen molar-refractivity contribution in [1.82, 2.24) is 0 Å². The summed E-state index contributed by atoms with van der Waals surface area (Å²) in [6.07, 6.45) is 0. The van der Waals surface area contributed by atoms with Crippen molar-refractivity contribution < 1.29 is 9.59 Å². The normalized spacial score (nSPS) is 11.3. The van der Waals surface area contributed by atoms with Crippen molar-refractivity contribution in [2.45, 2.75) is 8.55 Å². The van der Waals surface area contributed by atoms with E-state index >= 15 is 0 Å². The molecule has 0 aromatic heterocycles. The molecule has 2 nitrogen and oxygen atoms in total. The van der Waals surface area contributed by atoms with Gasteiger partial charge in [0.1, 0.15) is 0 Å². The maximum atomic E-state index is 12.4. The number of hydrogen-bond acceptors (Lipinski definition) is 2. The zero-order valence-electron chi connectivity index (χ0n) is 11.6. The van der Waals surface area contributed by atoms with E-state index in [-0.39, 0.29) is 11.1 Å². The summed E-state index contributed by atoms with van der Waals surface area (Å²) in [6, 6.07) is 12.8. The second-order valence-corrected chi connectivity index (χ2v) is 10.3. The fraction of sp³-hybridized carbons (Fsp3) is 0.125. The average molecular weight is 455 g/mol. The fourth-order valence-electron chi connectivity index (χ4n) is 1.71. The monoisotopic (exact) mass is 454 g/mol. The minimum atomic E-state index is -1.61. The van der Waals surface area contributed by atoms with Gasteiger partial charge >= 0.3 is 161 Å². The molecule has 0 saturated carbocycles. The van der Waals surface area contributed by atoms with E-state index in [0.717, 1.165) is 0 Å². The van der Waals surface area contributed by atoms with Crippen LogP contribution in [0.25, 0.3) is 0 Å². The van der Waals surface area contributed by atoms with Crippen molar-refractivity contribution in [2.75, 3.05) is 0 Å². The zero-order chi connectivity index (χ0) is 17.0. The number of rotatable bonds is 6. The molecule has 0 N–H and O–H groups in total. The Morgan fingerprint density at radius 3 is 1.74 bits per heavy atom. The summed E-state index contributed by atoms with van der Waals surface area (Å²) in [6.45, 7) is 0. The molecule has 0 radical (unpaired) electrons. The van der Waals surface area contributed by atoms with Gasteiger partial charge in [-0.3, -0.25) is 0 Å². The third kappa shape index (κ3) is 5.22. The Morgan fingerprint density at radius 1 is 0.826 bits per heavy atom. The fourth-order valence-corrected chi connectivity index (χ4v) is 4.27. The molecule has 23 heavy (non-hydrogen) atoms. The maximum absolute atomic E-state index is 12.4. The molecule has 2 aromatic rings. The topological polar surface area (TPSA) is 34.1 Å². The molecule has 0 heterocycles. The summed E-state index contributed by atoms with van der Waals surface area (Å²) >= 11 is 23.3. The summed E-state index contributed by atoms with van der Waals surface area (Å²) in [5.74, 6) is -0.558. The van der Waals surface area contributed by atoms with Crippen LogP contribution in [0.3, 0.4) is 0 Å². The SMILES string of the molecule is O=C(C[Se]C(Cl)(Cl)C(=O)c1ccc(Cl)cc1)c1ccc(Cl)cc1. The van der Waals surface area contributed by atoms with Gasteiger partial charge in [-0.05, 0) is 0 Å². The van der Waals surface area contributed by atoms with E-state index < -0.39 is 24.0 Å². The number of carbonyl (C=O) groups excluding carboxylic acids is 2. The van der Waals surface area contributed by atoms with Crippen molar-refractivity contribution in [3.63, 3.8) is 0 Å². The van der Waals surface area contributed by atoms with E-state index in [1.807, 2.05) is 0 Å². The molecular weight excluding hydrogens is 445 g/mol. The molecule has 0 saturated heterocycles. The van der Waals surface area contributed by atoms with Crippen molar-refractivity contribution >= 4 is 72.9 Å². The zero-order valence-corrected chi connectivity index (χ0v) is 16.3. The van der Waals surface area contributed by atoms with Crippen LogP contribution in [0, 0.1) is 0 Å². The first kappa shape index (κ1) is 18.8. The van der Waals surface area contributed by atoms with Gasteiger partial charge in [0, 0.05) is 0 Å². The van der Waals surface area contributed by atoms with Crippen LogP contribution in [0.2, 0.25) is 15.4 Å². The molecule has 2 rings (SSSR count). The standard InChI is InChI=1S/C16H10Cl4O2Se/c17-12-5-1-10(2-6-12)14(21)9-23-16(19,20)15(22)11-3-7-13(18)8-4-11/h1-8H,9H2. The summed E-state index contributed by atoms with van der Waals surface area (Å²) in [5, 5.41) is 1.18. The molecule has 120 valence electrons. The number of carbonyl (C=O) groups is 2. The molecule has 2 aromatic carbocycles. The predicted molar refractivity (Wildman–Crippen MR) is 96.6 cm³/mol. The van der Waals surface area contributed by atoms with Crippen molar-refractivity contribution in [3.05, 3.63) is 69.7 Å². The van der Waals surface area contributed by atoms with E-state index in [9.17, 15) is 9.59 Å². The first-order valence-corrected chi connectivity index (χ1v) is 9.98. The second-order valence-electron chi connectivity index (χ2n) is 4.57. The van der Waals surface area contributed by atoms with Gasteiger partial charge in [-0.1, -0.05) is 0 Å². The molecule has 0 aliphatic rings. The van der Waals surface area contributed by atoms with Crippen LogP contribution in [-0.2, 0) is 0 Å². The molecule has 0 spiro atoms. The van der Waals surface area contributed by atoms with Gasteiger partial charge in [0.15, 0.2) is 0 Å². The van der Waals surface area contributed by atoms with Crippen LogP contribution in [0.15, 0.2) is 48.5 Å². The molecule has 0 unspecified atom stereocenters. The molecule has 0 fully saturated rings. The Kier molecular flexibility index (Phi) is 6.56. The van der Waals surface area contributed by atoms with Gasteiger partial charge in [0.25, 0.3) is 0 Å². The molecular formula is C16H10Cl4O2Se. The molecule has 7 heteroatoms. The number of hydrogen-bond donors (Lipinski definition) is 0. The van der Waals surface area contributed by atoms with Crippen LogP contribution in [0.1, 0.15) is 20.7 Å². The summed E-state index contributed by atoms with van der Waals surface area (Å²) < 4.78 is -1.61. The molecule has 0 aliphatic heterocycles. The van der Waals surface area contributed by atoms with Gasteiger partial charge < -0.3 is 0 Å². The Balaban J connectivity index is 2.02. The van der Waals surface area contributed by atoms with Crippen LogP contribution in [0.4, 0.5) is 0 Å². The second kappa shape index (κ2) is 8.02. The van der Waals surface area contributed by atoms with Crippen molar-refractivity contribution in [2.24, 2.45) is 0 Å². The van der Waals surface area contributed by atoms with Crippen LogP contribution in [0.5, 0.6) is 0 Å². The molecule has 0 atom stereocenters.